The van der Waals surface area contributed by atoms with E-state index in [1.807, 2.05) is 22.6 Å². The first-order valence-electron chi connectivity index (χ1n) is 5.88. The summed E-state index contributed by atoms with van der Waals surface area (Å²) >= 11 is 2.01. The Kier molecular flexibility index (Phi) is 2.96. The van der Waals surface area contributed by atoms with Crippen LogP contribution in [-0.2, 0) is 0 Å². The summed E-state index contributed by atoms with van der Waals surface area (Å²) in [5.41, 5.74) is 1.23. The van der Waals surface area contributed by atoms with Crippen molar-refractivity contribution >= 4 is 22.6 Å². The highest BCUT2D eigenvalue weighted by Gasteiger charge is 2.29. The predicted octanol–water partition coefficient (Wildman–Crippen LogP) is 2.33. The van der Waals surface area contributed by atoms with Crippen molar-refractivity contribution in [2.45, 2.75) is 18.8 Å². The van der Waals surface area contributed by atoms with Gasteiger partial charge >= 0.3 is 0 Å². The van der Waals surface area contributed by atoms with E-state index in [2.05, 4.69) is 9.97 Å². The van der Waals surface area contributed by atoms with Gasteiger partial charge in [-0.2, -0.15) is 0 Å². The number of halogens is 1. The van der Waals surface area contributed by atoms with E-state index < -0.39 is 0 Å². The Labute approximate surface area is 122 Å². The largest absolute Gasteiger partial charge is 0.504 e. The number of hydrogen-bond donors (Lipinski definition) is 3. The Bertz CT molecular complexity index is 708. The minimum absolute atomic E-state index is 0.167. The van der Waals surface area contributed by atoms with Crippen molar-refractivity contribution < 1.29 is 10.2 Å². The normalized spacial score (nSPS) is 14.6. The lowest BCUT2D eigenvalue weighted by Gasteiger charge is -2.07. The highest BCUT2D eigenvalue weighted by Crippen LogP contribution is 2.40. The molecule has 19 heavy (non-hydrogen) atoms. The van der Waals surface area contributed by atoms with E-state index in [-0.39, 0.29) is 17.1 Å². The van der Waals surface area contributed by atoms with Gasteiger partial charge in [-0.25, -0.2) is 4.98 Å². The Morgan fingerprint density at radius 1 is 1.26 bits per heavy atom. The zero-order chi connectivity index (χ0) is 13.6. The van der Waals surface area contributed by atoms with Crippen molar-refractivity contribution in [1.82, 2.24) is 9.97 Å². The smallest absolute Gasteiger partial charge is 0.264 e. The summed E-state index contributed by atoms with van der Waals surface area (Å²) in [5, 5.41) is 18.8. The van der Waals surface area contributed by atoms with Crippen LogP contribution in [0.1, 0.15) is 24.5 Å². The number of nitrogens with one attached hydrogen (secondary N) is 1. The molecule has 1 aliphatic rings. The van der Waals surface area contributed by atoms with Gasteiger partial charge in [-0.1, -0.05) is 0 Å². The molecular weight excluding hydrogens is 359 g/mol. The third-order valence-electron chi connectivity index (χ3n) is 3.10. The molecule has 1 heterocycles. The van der Waals surface area contributed by atoms with Crippen molar-refractivity contribution in [2.24, 2.45) is 0 Å². The zero-order valence-electron chi connectivity index (χ0n) is 9.85. The van der Waals surface area contributed by atoms with Gasteiger partial charge in [0.1, 0.15) is 5.82 Å². The van der Waals surface area contributed by atoms with Crippen molar-refractivity contribution in [3.05, 3.63) is 37.8 Å². The zero-order valence-corrected chi connectivity index (χ0v) is 12.0. The molecule has 0 unspecified atom stereocenters. The fourth-order valence-electron chi connectivity index (χ4n) is 1.91. The molecule has 3 N–H and O–H groups in total. The Balaban J connectivity index is 2.14. The minimum Gasteiger partial charge on any atom is -0.504 e. The second-order valence-corrected chi connectivity index (χ2v) is 5.67. The molecule has 2 aromatic rings. The molecule has 1 fully saturated rings. The number of phenols is 2. The molecule has 0 saturated heterocycles. The summed E-state index contributed by atoms with van der Waals surface area (Å²) in [6.07, 6.45) is 2.12. The van der Waals surface area contributed by atoms with Crippen molar-refractivity contribution in [3.8, 4) is 22.9 Å². The van der Waals surface area contributed by atoms with Gasteiger partial charge in [0.25, 0.3) is 5.56 Å². The molecule has 5 nitrogen and oxygen atoms in total. The molecule has 0 radical (unpaired) electrons. The minimum atomic E-state index is -0.230. The molecule has 0 bridgehead atoms. The van der Waals surface area contributed by atoms with Crippen LogP contribution >= 0.6 is 22.6 Å². The number of aromatic nitrogens is 2. The standard InChI is InChI=1S/C13H11IN2O3/c14-10-11(6-1-2-6)15-12(16-13(10)19)7-3-4-8(17)9(18)5-7/h3-6,17-18H,1-2H2,(H,15,16,19). The number of rotatable bonds is 2. The summed E-state index contributed by atoms with van der Waals surface area (Å²) in [6, 6.07) is 4.37. The van der Waals surface area contributed by atoms with E-state index in [9.17, 15) is 15.0 Å². The van der Waals surface area contributed by atoms with E-state index in [4.69, 9.17) is 0 Å². The fraction of sp³-hybridized carbons (Fsp3) is 0.231. The maximum Gasteiger partial charge on any atom is 0.264 e. The average Bonchev–Trinajstić information content (AvgIpc) is 3.20. The lowest BCUT2D eigenvalue weighted by molar-refractivity contribution is 0.404. The highest BCUT2D eigenvalue weighted by molar-refractivity contribution is 14.1. The summed E-state index contributed by atoms with van der Waals surface area (Å²) in [5.74, 6) is 0.368. The maximum atomic E-state index is 11.9. The van der Waals surface area contributed by atoms with Crippen LogP contribution in [0.15, 0.2) is 23.0 Å². The topological polar surface area (TPSA) is 86.2 Å². The van der Waals surface area contributed by atoms with Gasteiger partial charge in [0.15, 0.2) is 11.5 Å². The molecular formula is C13H11IN2O3. The fourth-order valence-corrected chi connectivity index (χ4v) is 2.61. The summed E-state index contributed by atoms with van der Waals surface area (Å²) in [4.78, 5) is 19.1. The van der Waals surface area contributed by atoms with Gasteiger partial charge < -0.3 is 15.2 Å². The third-order valence-corrected chi connectivity index (χ3v) is 4.14. The van der Waals surface area contributed by atoms with Crippen LogP contribution in [0.5, 0.6) is 11.5 Å². The van der Waals surface area contributed by atoms with Gasteiger partial charge in [0.05, 0.1) is 9.26 Å². The van der Waals surface area contributed by atoms with Crippen LogP contribution in [0.25, 0.3) is 11.4 Å². The lowest BCUT2D eigenvalue weighted by Crippen LogP contribution is -2.15. The monoisotopic (exact) mass is 370 g/mol. The second-order valence-electron chi connectivity index (χ2n) is 4.59. The number of benzene rings is 1. The Morgan fingerprint density at radius 2 is 2.00 bits per heavy atom. The molecule has 1 aromatic carbocycles. The molecule has 3 rings (SSSR count). The molecule has 6 heteroatoms. The molecule has 1 aromatic heterocycles. The van der Waals surface area contributed by atoms with Crippen LogP contribution < -0.4 is 5.56 Å². The second kappa shape index (κ2) is 4.52. The number of aromatic amines is 1. The number of H-pyrrole nitrogens is 1. The molecule has 1 aliphatic carbocycles. The van der Waals surface area contributed by atoms with E-state index in [1.54, 1.807) is 6.07 Å². The number of hydrogen-bond acceptors (Lipinski definition) is 4. The van der Waals surface area contributed by atoms with Gasteiger partial charge in [0, 0.05) is 11.5 Å². The SMILES string of the molecule is O=c1[nH]c(-c2ccc(O)c(O)c2)nc(C2CC2)c1I. The van der Waals surface area contributed by atoms with Crippen molar-refractivity contribution in [3.63, 3.8) is 0 Å². The van der Waals surface area contributed by atoms with Crippen LogP contribution in [0.4, 0.5) is 0 Å². The van der Waals surface area contributed by atoms with Crippen LogP contribution in [0, 0.1) is 3.57 Å². The van der Waals surface area contributed by atoms with Crippen molar-refractivity contribution in [2.75, 3.05) is 0 Å². The number of aromatic hydroxyl groups is 2. The molecule has 0 atom stereocenters. The Morgan fingerprint density at radius 3 is 2.63 bits per heavy atom. The summed E-state index contributed by atoms with van der Waals surface area (Å²) < 4.78 is 0.631. The van der Waals surface area contributed by atoms with Crippen LogP contribution in [-0.4, -0.2) is 20.2 Å². The van der Waals surface area contributed by atoms with E-state index in [1.165, 1.54) is 12.1 Å². The first-order chi connectivity index (χ1) is 9.06. The maximum absolute atomic E-state index is 11.9. The van der Waals surface area contributed by atoms with E-state index in [0.29, 0.717) is 20.9 Å². The average molecular weight is 370 g/mol. The lowest BCUT2D eigenvalue weighted by atomic mass is 10.1. The Hall–Kier alpha value is -1.57. The van der Waals surface area contributed by atoms with Crippen LogP contribution in [0.2, 0.25) is 0 Å². The highest BCUT2D eigenvalue weighted by atomic mass is 127. The van der Waals surface area contributed by atoms with E-state index in [0.717, 1.165) is 18.5 Å². The number of phenolic OH excluding ortho intramolecular Hbond substituents is 2. The van der Waals surface area contributed by atoms with Crippen LogP contribution in [0.3, 0.4) is 0 Å². The summed E-state index contributed by atoms with van der Waals surface area (Å²) in [6.45, 7) is 0. The molecule has 98 valence electrons. The predicted molar refractivity (Wildman–Crippen MR) is 78.3 cm³/mol. The van der Waals surface area contributed by atoms with Gasteiger partial charge in [-0.15, -0.1) is 0 Å². The third kappa shape index (κ3) is 2.32. The summed E-state index contributed by atoms with van der Waals surface area (Å²) in [7, 11) is 0. The molecule has 0 amide bonds. The van der Waals surface area contributed by atoms with Gasteiger partial charge in [-0.3, -0.25) is 4.79 Å². The van der Waals surface area contributed by atoms with Gasteiger partial charge in [-0.05, 0) is 53.6 Å². The van der Waals surface area contributed by atoms with E-state index >= 15 is 0 Å². The first kappa shape index (κ1) is 12.5. The quantitative estimate of drug-likeness (QED) is 0.560. The molecule has 1 saturated carbocycles. The molecule has 0 aliphatic heterocycles. The first-order valence-corrected chi connectivity index (χ1v) is 6.96. The van der Waals surface area contributed by atoms with Gasteiger partial charge in [0.2, 0.25) is 0 Å². The number of nitrogens with zero attached hydrogens (tertiary/aromatic N) is 1. The molecule has 0 spiro atoms. The van der Waals surface area contributed by atoms with Crippen molar-refractivity contribution in [1.29, 1.82) is 0 Å².